The number of carbonyl (C=O) groups excluding carboxylic acids is 1. The van der Waals surface area contributed by atoms with Crippen LogP contribution in [0.5, 0.6) is 5.75 Å². The molecule has 0 N–H and O–H groups in total. The van der Waals surface area contributed by atoms with E-state index in [0.717, 1.165) is 39.1 Å². The van der Waals surface area contributed by atoms with Crippen LogP contribution in [-0.2, 0) is 26.0 Å². The molecule has 0 aromatic heterocycles. The number of carbonyl (C=O) groups is 1. The molecule has 2 aromatic rings. The molecule has 0 aliphatic carbocycles. The van der Waals surface area contributed by atoms with Gasteiger partial charge in [0, 0.05) is 13.2 Å². The molecule has 0 unspecified atom stereocenters. The maximum Gasteiger partial charge on any atom is 0.302 e. The minimum absolute atomic E-state index is 0.122. The highest BCUT2D eigenvalue weighted by atomic mass is 32.2. The minimum atomic E-state index is -2.97. The zero-order chi connectivity index (χ0) is 20.9. The molecule has 0 atom stereocenters. The van der Waals surface area contributed by atoms with Gasteiger partial charge in [-0.2, -0.15) is 0 Å². The Labute approximate surface area is 167 Å². The molecule has 5 nitrogen and oxygen atoms in total. The lowest BCUT2D eigenvalue weighted by Gasteiger charge is -2.17. The van der Waals surface area contributed by atoms with Crippen molar-refractivity contribution in [2.45, 2.75) is 40.7 Å². The molecule has 2 rings (SSSR count). The van der Waals surface area contributed by atoms with Crippen molar-refractivity contribution >= 4 is 15.8 Å². The third kappa shape index (κ3) is 6.09. The Bertz CT molecular complexity index is 938. The van der Waals surface area contributed by atoms with Gasteiger partial charge in [-0.1, -0.05) is 18.2 Å². The molecule has 0 fully saturated rings. The van der Waals surface area contributed by atoms with Crippen LogP contribution in [-0.4, -0.2) is 33.0 Å². The molecule has 0 amide bonds. The van der Waals surface area contributed by atoms with E-state index in [1.807, 2.05) is 45.0 Å². The summed E-state index contributed by atoms with van der Waals surface area (Å²) >= 11 is 0. The van der Waals surface area contributed by atoms with Crippen LogP contribution in [0.4, 0.5) is 0 Å². The lowest BCUT2D eigenvalue weighted by molar-refractivity contribution is -0.142. The van der Waals surface area contributed by atoms with E-state index in [1.165, 1.54) is 13.2 Å². The van der Waals surface area contributed by atoms with Crippen LogP contribution < -0.4 is 4.74 Å². The number of sulfone groups is 1. The fourth-order valence-electron chi connectivity index (χ4n) is 3.23. The number of hydrogen-bond donors (Lipinski definition) is 0. The van der Waals surface area contributed by atoms with E-state index in [9.17, 15) is 13.2 Å². The Morgan fingerprint density at radius 3 is 2.29 bits per heavy atom. The van der Waals surface area contributed by atoms with E-state index in [0.29, 0.717) is 13.0 Å². The molecule has 0 saturated heterocycles. The largest absolute Gasteiger partial charge is 0.494 e. The van der Waals surface area contributed by atoms with Crippen molar-refractivity contribution in [3.63, 3.8) is 0 Å². The lowest BCUT2D eigenvalue weighted by Crippen LogP contribution is -2.08. The second-order valence-corrected chi connectivity index (χ2v) is 9.39. The van der Waals surface area contributed by atoms with Crippen LogP contribution in [0, 0.1) is 20.8 Å². The summed E-state index contributed by atoms with van der Waals surface area (Å²) in [5.74, 6) is 0.563. The summed E-state index contributed by atoms with van der Waals surface area (Å²) in [4.78, 5) is 11.1. The highest BCUT2D eigenvalue weighted by Crippen LogP contribution is 2.34. The maximum atomic E-state index is 11.2. The Kier molecular flexibility index (Phi) is 7.24. The Hall–Kier alpha value is -2.34. The first-order chi connectivity index (χ1) is 13.1. The van der Waals surface area contributed by atoms with Crippen LogP contribution in [0.3, 0.4) is 0 Å². The molecule has 0 bridgehead atoms. The van der Waals surface area contributed by atoms with Gasteiger partial charge in [0.15, 0.2) is 0 Å². The molecule has 0 aliphatic rings. The number of rotatable bonds is 8. The summed E-state index contributed by atoms with van der Waals surface area (Å²) in [5.41, 5.74) is 6.44. The molecule has 0 radical (unpaired) electrons. The summed E-state index contributed by atoms with van der Waals surface area (Å²) in [7, 11) is -2.97. The van der Waals surface area contributed by atoms with Gasteiger partial charge < -0.3 is 9.47 Å². The van der Waals surface area contributed by atoms with Gasteiger partial charge in [0.05, 0.1) is 12.4 Å². The monoisotopic (exact) mass is 404 g/mol. The number of hydrogen-bond acceptors (Lipinski definition) is 5. The van der Waals surface area contributed by atoms with E-state index >= 15 is 0 Å². The summed E-state index contributed by atoms with van der Waals surface area (Å²) in [6.07, 6.45) is 1.70. The van der Waals surface area contributed by atoms with Gasteiger partial charge in [0.2, 0.25) is 0 Å². The van der Waals surface area contributed by atoms with Crippen molar-refractivity contribution in [1.82, 2.24) is 0 Å². The Morgan fingerprint density at radius 2 is 1.71 bits per heavy atom. The smallest absolute Gasteiger partial charge is 0.302 e. The van der Waals surface area contributed by atoms with Crippen molar-refractivity contribution in [2.24, 2.45) is 0 Å². The van der Waals surface area contributed by atoms with Crippen LogP contribution in [0.15, 0.2) is 30.3 Å². The molecule has 0 heterocycles. The van der Waals surface area contributed by atoms with E-state index in [1.54, 1.807) is 0 Å². The van der Waals surface area contributed by atoms with E-state index < -0.39 is 9.84 Å². The average molecular weight is 405 g/mol. The number of ether oxygens (including phenoxy) is 2. The fourth-order valence-corrected chi connectivity index (χ4v) is 3.88. The van der Waals surface area contributed by atoms with Gasteiger partial charge in [0.1, 0.15) is 22.2 Å². The van der Waals surface area contributed by atoms with Crippen molar-refractivity contribution in [3.8, 4) is 16.9 Å². The second kappa shape index (κ2) is 9.24. The predicted octanol–water partition coefficient (Wildman–Crippen LogP) is 4.16. The Balaban J connectivity index is 2.23. The SMILES string of the molecule is CC(=O)OCc1cccc(-c2c(C)cc(OCCCS(C)(=O)=O)cc2C)c1C. The third-order valence-electron chi connectivity index (χ3n) is 4.58. The first-order valence-corrected chi connectivity index (χ1v) is 11.3. The Morgan fingerprint density at radius 1 is 1.07 bits per heavy atom. The second-order valence-electron chi connectivity index (χ2n) is 7.13. The van der Waals surface area contributed by atoms with Crippen molar-refractivity contribution in [1.29, 1.82) is 0 Å². The van der Waals surface area contributed by atoms with Crippen LogP contribution in [0.1, 0.15) is 35.6 Å². The molecule has 0 saturated carbocycles. The molecular formula is C22H28O5S. The van der Waals surface area contributed by atoms with Gasteiger partial charge >= 0.3 is 5.97 Å². The maximum absolute atomic E-state index is 11.2. The van der Waals surface area contributed by atoms with Crippen molar-refractivity contribution in [3.05, 3.63) is 52.6 Å². The number of aryl methyl sites for hydroxylation is 2. The van der Waals surface area contributed by atoms with E-state index in [-0.39, 0.29) is 18.3 Å². The molecule has 28 heavy (non-hydrogen) atoms. The van der Waals surface area contributed by atoms with Gasteiger partial charge in [-0.15, -0.1) is 0 Å². The topological polar surface area (TPSA) is 69.7 Å². The van der Waals surface area contributed by atoms with Gasteiger partial charge in [-0.3, -0.25) is 4.79 Å². The van der Waals surface area contributed by atoms with Crippen molar-refractivity contribution in [2.75, 3.05) is 18.6 Å². The fraction of sp³-hybridized carbons (Fsp3) is 0.409. The molecule has 2 aromatic carbocycles. The number of benzene rings is 2. The average Bonchev–Trinajstić information content (AvgIpc) is 2.57. The highest BCUT2D eigenvalue weighted by molar-refractivity contribution is 7.90. The van der Waals surface area contributed by atoms with E-state index in [2.05, 4.69) is 6.07 Å². The van der Waals surface area contributed by atoms with Crippen LogP contribution in [0.25, 0.3) is 11.1 Å². The first kappa shape index (κ1) is 22.0. The molecule has 0 spiro atoms. The normalized spacial score (nSPS) is 11.3. The lowest BCUT2D eigenvalue weighted by atomic mass is 9.90. The first-order valence-electron chi connectivity index (χ1n) is 9.22. The number of esters is 1. The predicted molar refractivity (Wildman–Crippen MR) is 111 cm³/mol. The van der Waals surface area contributed by atoms with Crippen molar-refractivity contribution < 1.29 is 22.7 Å². The third-order valence-corrected chi connectivity index (χ3v) is 5.61. The van der Waals surface area contributed by atoms with Gasteiger partial charge in [0.25, 0.3) is 0 Å². The summed E-state index contributed by atoms with van der Waals surface area (Å²) in [5, 5.41) is 0. The van der Waals surface area contributed by atoms with Gasteiger partial charge in [-0.05, 0) is 72.7 Å². The molecule has 0 aliphatic heterocycles. The molecule has 6 heteroatoms. The minimum Gasteiger partial charge on any atom is -0.494 e. The van der Waals surface area contributed by atoms with Gasteiger partial charge in [-0.25, -0.2) is 8.42 Å². The van der Waals surface area contributed by atoms with Crippen LogP contribution >= 0.6 is 0 Å². The molecule has 152 valence electrons. The van der Waals surface area contributed by atoms with Crippen LogP contribution in [0.2, 0.25) is 0 Å². The summed E-state index contributed by atoms with van der Waals surface area (Å²) in [6.45, 7) is 8.12. The molecular weight excluding hydrogens is 376 g/mol. The highest BCUT2D eigenvalue weighted by Gasteiger charge is 2.13. The van der Waals surface area contributed by atoms with E-state index in [4.69, 9.17) is 9.47 Å². The standard InChI is InChI=1S/C22H28O5S/c1-15-12-20(26-10-7-11-28(5,24)25)13-16(2)22(15)21-9-6-8-19(17(21)3)14-27-18(4)23/h6,8-9,12-13H,7,10-11,14H2,1-5H3. The quantitative estimate of drug-likeness (QED) is 0.488. The summed E-state index contributed by atoms with van der Waals surface area (Å²) in [6, 6.07) is 9.94. The zero-order valence-corrected chi connectivity index (χ0v) is 18.0. The summed E-state index contributed by atoms with van der Waals surface area (Å²) < 4.78 is 33.3. The zero-order valence-electron chi connectivity index (χ0n) is 17.2.